The number of ether oxygens (including phenoxy) is 2. The molecule has 0 saturated carbocycles. The molecular formula is C22H30Cl2N6O2. The third-order valence-corrected chi connectivity index (χ3v) is 5.17. The Morgan fingerprint density at radius 2 is 1.84 bits per heavy atom. The molecule has 2 aromatic carbocycles. The maximum Gasteiger partial charge on any atom is 0.346 e. The zero-order valence-corrected chi connectivity index (χ0v) is 19.7. The van der Waals surface area contributed by atoms with E-state index in [1.807, 2.05) is 55.5 Å². The van der Waals surface area contributed by atoms with Crippen molar-refractivity contribution >= 4 is 24.8 Å². The van der Waals surface area contributed by atoms with E-state index in [9.17, 15) is 0 Å². The molecule has 10 heteroatoms. The quantitative estimate of drug-likeness (QED) is 0.481. The number of nitrogens with zero attached hydrogens (tertiary/aromatic N) is 4. The molecule has 1 aliphatic rings. The number of rotatable bonds is 9. The van der Waals surface area contributed by atoms with E-state index >= 15 is 0 Å². The minimum Gasteiger partial charge on any atom is -0.490 e. The third-order valence-electron chi connectivity index (χ3n) is 5.17. The Morgan fingerprint density at radius 1 is 1.06 bits per heavy atom. The molecule has 0 aliphatic carbocycles. The summed E-state index contributed by atoms with van der Waals surface area (Å²) in [5, 5.41) is 18.8. The second-order valence-electron chi connectivity index (χ2n) is 7.35. The van der Waals surface area contributed by atoms with E-state index < -0.39 is 0 Å². The molecule has 2 N–H and O–H groups in total. The fraction of sp³-hybridized carbons (Fsp3) is 0.409. The summed E-state index contributed by atoms with van der Waals surface area (Å²) < 4.78 is 13.4. The van der Waals surface area contributed by atoms with E-state index in [1.165, 1.54) is 12.8 Å². The molecule has 1 aromatic heterocycles. The number of hydrogen-bond donors (Lipinski definition) is 2. The first-order valence-corrected chi connectivity index (χ1v) is 10.5. The first-order valence-electron chi connectivity index (χ1n) is 10.5. The summed E-state index contributed by atoms with van der Waals surface area (Å²) in [4.78, 5) is 0. The predicted octanol–water partition coefficient (Wildman–Crippen LogP) is 3.79. The standard InChI is InChI=1S/C22H28N6O2.2ClH/c1-2-29-21-14-18(16-24-15-17-10-12-23-13-11-17)8-9-20(21)30-22-25-26-27-28(22)19-6-4-3-5-7-19;;/h3-9,14,17,23-24H,2,10-13,15-16H2,1H3;2*1H. The molecule has 2 heterocycles. The molecule has 0 radical (unpaired) electrons. The molecule has 0 unspecified atom stereocenters. The van der Waals surface area contributed by atoms with Gasteiger partial charge in [-0.3, -0.25) is 0 Å². The average molecular weight is 481 g/mol. The van der Waals surface area contributed by atoms with Crippen LogP contribution < -0.4 is 20.1 Å². The van der Waals surface area contributed by atoms with Gasteiger partial charge in [-0.1, -0.05) is 29.4 Å². The lowest BCUT2D eigenvalue weighted by Crippen LogP contribution is -2.33. The van der Waals surface area contributed by atoms with Crippen molar-refractivity contribution in [1.82, 2.24) is 30.8 Å². The predicted molar refractivity (Wildman–Crippen MR) is 129 cm³/mol. The number of tetrazole rings is 1. The third kappa shape index (κ3) is 6.80. The Morgan fingerprint density at radius 3 is 2.59 bits per heavy atom. The second kappa shape index (κ2) is 13.2. The Balaban J connectivity index is 0.00000181. The fourth-order valence-corrected chi connectivity index (χ4v) is 3.59. The molecule has 3 aromatic rings. The number of halogens is 2. The van der Waals surface area contributed by atoms with Gasteiger partial charge in [0.05, 0.1) is 12.3 Å². The number of nitrogens with one attached hydrogen (secondary N) is 2. The Labute approximate surface area is 200 Å². The van der Waals surface area contributed by atoms with E-state index in [2.05, 4.69) is 26.2 Å². The number of hydrogen-bond acceptors (Lipinski definition) is 7. The van der Waals surface area contributed by atoms with Gasteiger partial charge in [0.1, 0.15) is 0 Å². The van der Waals surface area contributed by atoms with Crippen molar-refractivity contribution in [3.63, 3.8) is 0 Å². The van der Waals surface area contributed by atoms with Gasteiger partial charge in [-0.2, -0.15) is 4.68 Å². The van der Waals surface area contributed by atoms with Gasteiger partial charge < -0.3 is 20.1 Å². The first-order chi connectivity index (χ1) is 14.8. The molecule has 1 saturated heterocycles. The zero-order valence-electron chi connectivity index (χ0n) is 18.1. The molecule has 174 valence electrons. The van der Waals surface area contributed by atoms with Crippen LogP contribution in [-0.4, -0.2) is 46.4 Å². The number of aromatic nitrogens is 4. The van der Waals surface area contributed by atoms with Crippen molar-refractivity contribution in [2.75, 3.05) is 26.2 Å². The van der Waals surface area contributed by atoms with Gasteiger partial charge in [-0.25, -0.2) is 0 Å². The molecule has 4 rings (SSSR count). The van der Waals surface area contributed by atoms with Crippen LogP contribution in [0.3, 0.4) is 0 Å². The molecule has 1 fully saturated rings. The molecule has 0 spiro atoms. The maximum absolute atomic E-state index is 6.02. The van der Waals surface area contributed by atoms with Crippen LogP contribution in [0, 0.1) is 5.92 Å². The summed E-state index contributed by atoms with van der Waals surface area (Å²) in [6, 6.07) is 15.9. The largest absolute Gasteiger partial charge is 0.490 e. The highest BCUT2D eigenvalue weighted by atomic mass is 35.5. The van der Waals surface area contributed by atoms with E-state index in [1.54, 1.807) is 4.68 Å². The van der Waals surface area contributed by atoms with Crippen LogP contribution in [0.2, 0.25) is 0 Å². The molecule has 32 heavy (non-hydrogen) atoms. The number of piperidine rings is 1. The van der Waals surface area contributed by atoms with Gasteiger partial charge in [0, 0.05) is 6.54 Å². The van der Waals surface area contributed by atoms with Crippen LogP contribution in [-0.2, 0) is 6.54 Å². The summed E-state index contributed by atoms with van der Waals surface area (Å²) in [7, 11) is 0. The van der Waals surface area contributed by atoms with Crippen LogP contribution in [0.25, 0.3) is 5.69 Å². The summed E-state index contributed by atoms with van der Waals surface area (Å²) in [5.74, 6) is 2.02. The van der Waals surface area contributed by atoms with Crippen molar-refractivity contribution in [2.24, 2.45) is 5.92 Å². The zero-order chi connectivity index (χ0) is 20.6. The van der Waals surface area contributed by atoms with Gasteiger partial charge in [-0.15, -0.1) is 24.8 Å². The number of benzene rings is 2. The Bertz CT molecular complexity index is 935. The fourth-order valence-electron chi connectivity index (χ4n) is 3.59. The van der Waals surface area contributed by atoms with Crippen molar-refractivity contribution in [1.29, 1.82) is 0 Å². The first kappa shape index (κ1) is 25.9. The average Bonchev–Trinajstić information content (AvgIpc) is 3.25. The van der Waals surface area contributed by atoms with Crippen LogP contribution in [0.15, 0.2) is 48.5 Å². The van der Waals surface area contributed by atoms with Gasteiger partial charge in [-0.05, 0) is 85.6 Å². The molecule has 8 nitrogen and oxygen atoms in total. The Kier molecular flexibility index (Phi) is 10.7. The monoisotopic (exact) mass is 480 g/mol. The highest BCUT2D eigenvalue weighted by molar-refractivity contribution is 5.85. The lowest BCUT2D eigenvalue weighted by molar-refractivity contribution is 0.314. The highest BCUT2D eigenvalue weighted by Crippen LogP contribution is 2.32. The molecule has 0 bridgehead atoms. The topological polar surface area (TPSA) is 86.1 Å². The lowest BCUT2D eigenvalue weighted by Gasteiger charge is -2.23. The summed E-state index contributed by atoms with van der Waals surface area (Å²) in [6.07, 6.45) is 2.47. The molecule has 0 amide bonds. The van der Waals surface area contributed by atoms with Crippen LogP contribution >= 0.6 is 24.8 Å². The minimum atomic E-state index is 0. The van der Waals surface area contributed by atoms with E-state index in [0.717, 1.165) is 43.3 Å². The minimum absolute atomic E-state index is 0. The molecular weight excluding hydrogens is 451 g/mol. The van der Waals surface area contributed by atoms with E-state index in [-0.39, 0.29) is 24.8 Å². The maximum atomic E-state index is 6.02. The Hall–Kier alpha value is -2.39. The van der Waals surface area contributed by atoms with Crippen LogP contribution in [0.4, 0.5) is 0 Å². The normalized spacial score (nSPS) is 13.7. The summed E-state index contributed by atoms with van der Waals surface area (Å²) in [6.45, 7) is 6.58. The second-order valence-corrected chi connectivity index (χ2v) is 7.35. The van der Waals surface area contributed by atoms with Gasteiger partial charge in [0.15, 0.2) is 11.5 Å². The SMILES string of the molecule is CCOc1cc(CNCC2CCNCC2)ccc1Oc1nnnn1-c1ccccc1.Cl.Cl. The van der Waals surface area contributed by atoms with Crippen molar-refractivity contribution in [3.8, 4) is 23.2 Å². The van der Waals surface area contributed by atoms with Crippen LogP contribution in [0.1, 0.15) is 25.3 Å². The number of para-hydroxylation sites is 1. The molecule has 0 atom stereocenters. The van der Waals surface area contributed by atoms with Gasteiger partial charge in [0.2, 0.25) is 0 Å². The van der Waals surface area contributed by atoms with Crippen molar-refractivity contribution in [2.45, 2.75) is 26.3 Å². The van der Waals surface area contributed by atoms with E-state index in [0.29, 0.717) is 24.1 Å². The van der Waals surface area contributed by atoms with Crippen LogP contribution in [0.5, 0.6) is 17.5 Å². The van der Waals surface area contributed by atoms with Crippen molar-refractivity contribution < 1.29 is 9.47 Å². The highest BCUT2D eigenvalue weighted by Gasteiger charge is 2.15. The summed E-state index contributed by atoms with van der Waals surface area (Å²) >= 11 is 0. The van der Waals surface area contributed by atoms with Gasteiger partial charge in [0.25, 0.3) is 0 Å². The van der Waals surface area contributed by atoms with Crippen molar-refractivity contribution in [3.05, 3.63) is 54.1 Å². The van der Waals surface area contributed by atoms with Gasteiger partial charge >= 0.3 is 6.01 Å². The summed E-state index contributed by atoms with van der Waals surface area (Å²) in [5.41, 5.74) is 1.98. The smallest absolute Gasteiger partial charge is 0.346 e. The molecule has 1 aliphatic heterocycles. The lowest BCUT2D eigenvalue weighted by atomic mass is 9.98. The van der Waals surface area contributed by atoms with E-state index in [4.69, 9.17) is 9.47 Å².